The summed E-state index contributed by atoms with van der Waals surface area (Å²) in [6.07, 6.45) is 9.20. The number of hydrogen-bond donors (Lipinski definition) is 1. The Morgan fingerprint density at radius 1 is 1.16 bits per heavy atom. The molecule has 0 radical (unpaired) electrons. The Morgan fingerprint density at radius 3 is 2.65 bits per heavy atom. The molecule has 2 fully saturated rings. The summed E-state index contributed by atoms with van der Waals surface area (Å²) in [5.41, 5.74) is 1.22. The van der Waals surface area contributed by atoms with E-state index >= 15 is 0 Å². The number of aromatic nitrogens is 1. The number of piperidine rings is 2. The van der Waals surface area contributed by atoms with Gasteiger partial charge in [0.05, 0.1) is 12.6 Å². The number of nitrogens with zero attached hydrogens (tertiary/aromatic N) is 4. The molecule has 0 unspecified atom stereocenters. The van der Waals surface area contributed by atoms with Crippen LogP contribution in [0.5, 0.6) is 0 Å². The first-order chi connectivity index (χ1) is 14.8. The van der Waals surface area contributed by atoms with Crippen LogP contribution < -0.4 is 10.2 Å². The number of ether oxygens (including phenoxy) is 2. The van der Waals surface area contributed by atoms with E-state index in [0.29, 0.717) is 12.6 Å². The Labute approximate surface area is 205 Å². The maximum Gasteiger partial charge on any atom is 0.194 e. The van der Waals surface area contributed by atoms with E-state index in [0.717, 1.165) is 77.0 Å². The van der Waals surface area contributed by atoms with E-state index in [2.05, 4.69) is 39.2 Å². The fraction of sp³-hybridized carbons (Fsp3) is 0.739. The summed E-state index contributed by atoms with van der Waals surface area (Å²) >= 11 is 0. The summed E-state index contributed by atoms with van der Waals surface area (Å²) in [4.78, 5) is 14.3. The smallest absolute Gasteiger partial charge is 0.194 e. The van der Waals surface area contributed by atoms with E-state index in [4.69, 9.17) is 14.5 Å². The topological polar surface area (TPSA) is 62.2 Å². The Bertz CT molecular complexity index is 647. The van der Waals surface area contributed by atoms with Gasteiger partial charge in [-0.15, -0.1) is 24.0 Å². The van der Waals surface area contributed by atoms with Gasteiger partial charge in [0, 0.05) is 59.2 Å². The van der Waals surface area contributed by atoms with Crippen LogP contribution >= 0.6 is 24.0 Å². The standard InChI is InChI=1S/C23H39N5O2.HI/c1-3-24-23(28-14-9-21(10-15-28)30-17-7-16-29-2)26-19-20-8-11-25-22(18-20)27-12-5-4-6-13-27;/h8,11,18,21H,3-7,9-10,12-17,19H2,1-2H3,(H,24,26);1H. The van der Waals surface area contributed by atoms with Crippen molar-refractivity contribution in [2.24, 2.45) is 4.99 Å². The van der Waals surface area contributed by atoms with Gasteiger partial charge in [0.1, 0.15) is 5.82 Å². The number of guanidine groups is 1. The van der Waals surface area contributed by atoms with E-state index in [1.807, 2.05) is 6.20 Å². The molecule has 3 rings (SSSR count). The van der Waals surface area contributed by atoms with Gasteiger partial charge in [-0.25, -0.2) is 9.98 Å². The summed E-state index contributed by atoms with van der Waals surface area (Å²) in [6.45, 7) is 9.43. The highest BCUT2D eigenvalue weighted by Gasteiger charge is 2.22. The Balaban J connectivity index is 0.00000341. The Kier molecular flexibility index (Phi) is 12.5. The zero-order valence-corrected chi connectivity index (χ0v) is 21.6. The normalized spacial score (nSPS) is 18.1. The van der Waals surface area contributed by atoms with Crippen molar-refractivity contribution >= 4 is 35.8 Å². The zero-order valence-electron chi connectivity index (χ0n) is 19.2. The van der Waals surface area contributed by atoms with Gasteiger partial charge >= 0.3 is 0 Å². The number of pyridine rings is 1. The molecule has 176 valence electrons. The van der Waals surface area contributed by atoms with Crippen LogP contribution in [0.2, 0.25) is 0 Å². The summed E-state index contributed by atoms with van der Waals surface area (Å²) in [5.74, 6) is 2.10. The molecule has 31 heavy (non-hydrogen) atoms. The highest BCUT2D eigenvalue weighted by molar-refractivity contribution is 14.0. The average Bonchev–Trinajstić information content (AvgIpc) is 2.81. The van der Waals surface area contributed by atoms with Crippen molar-refractivity contribution in [1.29, 1.82) is 0 Å². The van der Waals surface area contributed by atoms with Gasteiger partial charge in [0.2, 0.25) is 0 Å². The molecule has 0 atom stereocenters. The van der Waals surface area contributed by atoms with E-state index in [-0.39, 0.29) is 24.0 Å². The molecule has 3 heterocycles. The van der Waals surface area contributed by atoms with Gasteiger partial charge in [0.25, 0.3) is 0 Å². The van der Waals surface area contributed by atoms with E-state index in [9.17, 15) is 0 Å². The molecule has 0 aromatic carbocycles. The molecule has 0 aliphatic carbocycles. The van der Waals surface area contributed by atoms with Crippen molar-refractivity contribution in [3.63, 3.8) is 0 Å². The number of likely N-dealkylation sites (tertiary alicyclic amines) is 1. The molecular weight excluding hydrogens is 505 g/mol. The number of hydrogen-bond acceptors (Lipinski definition) is 5. The Morgan fingerprint density at radius 2 is 1.94 bits per heavy atom. The van der Waals surface area contributed by atoms with Crippen molar-refractivity contribution in [2.45, 2.75) is 58.1 Å². The van der Waals surface area contributed by atoms with Gasteiger partial charge in [-0.2, -0.15) is 0 Å². The number of anilines is 1. The number of methoxy groups -OCH3 is 1. The molecule has 2 aliphatic heterocycles. The third kappa shape index (κ3) is 8.73. The lowest BCUT2D eigenvalue weighted by Crippen LogP contribution is -2.47. The minimum atomic E-state index is 0. The maximum absolute atomic E-state index is 5.99. The minimum absolute atomic E-state index is 0. The third-order valence-electron chi connectivity index (χ3n) is 5.82. The lowest BCUT2D eigenvalue weighted by Gasteiger charge is -2.34. The van der Waals surface area contributed by atoms with Gasteiger partial charge in [-0.1, -0.05) is 0 Å². The molecule has 0 bridgehead atoms. The van der Waals surface area contributed by atoms with Crippen molar-refractivity contribution in [3.8, 4) is 0 Å². The minimum Gasteiger partial charge on any atom is -0.385 e. The second-order valence-electron chi connectivity index (χ2n) is 8.14. The molecule has 1 aromatic rings. The lowest BCUT2D eigenvalue weighted by atomic mass is 10.1. The fourth-order valence-electron chi connectivity index (χ4n) is 4.13. The second kappa shape index (κ2) is 14.8. The summed E-state index contributed by atoms with van der Waals surface area (Å²) in [7, 11) is 1.74. The first kappa shape index (κ1) is 26.1. The highest BCUT2D eigenvalue weighted by atomic mass is 127. The van der Waals surface area contributed by atoms with Crippen LogP contribution in [-0.4, -0.2) is 75.0 Å². The number of nitrogens with one attached hydrogen (secondary N) is 1. The predicted octanol–water partition coefficient (Wildman–Crippen LogP) is 3.67. The van der Waals surface area contributed by atoms with Crippen molar-refractivity contribution in [3.05, 3.63) is 23.9 Å². The molecule has 2 aliphatic rings. The van der Waals surface area contributed by atoms with Crippen LogP contribution in [0.1, 0.15) is 51.0 Å². The number of aliphatic imine (C=N–C) groups is 1. The van der Waals surface area contributed by atoms with Crippen molar-refractivity contribution in [1.82, 2.24) is 15.2 Å². The summed E-state index contributed by atoms with van der Waals surface area (Å²) in [6, 6.07) is 4.29. The molecule has 0 amide bonds. The molecule has 0 saturated carbocycles. The molecule has 0 spiro atoms. The van der Waals surface area contributed by atoms with Crippen LogP contribution in [0.4, 0.5) is 5.82 Å². The second-order valence-corrected chi connectivity index (χ2v) is 8.14. The third-order valence-corrected chi connectivity index (χ3v) is 5.82. The van der Waals surface area contributed by atoms with Crippen LogP contribution in [0, 0.1) is 0 Å². The van der Waals surface area contributed by atoms with E-state index < -0.39 is 0 Å². The first-order valence-corrected chi connectivity index (χ1v) is 11.6. The zero-order chi connectivity index (χ0) is 21.0. The predicted molar refractivity (Wildman–Crippen MR) is 138 cm³/mol. The SMILES string of the molecule is CCNC(=NCc1ccnc(N2CCCCC2)c1)N1CCC(OCCCOC)CC1.I. The largest absolute Gasteiger partial charge is 0.385 e. The van der Waals surface area contributed by atoms with Crippen LogP contribution in [0.3, 0.4) is 0 Å². The summed E-state index contributed by atoms with van der Waals surface area (Å²) < 4.78 is 11.1. The quantitative estimate of drug-likeness (QED) is 0.221. The van der Waals surface area contributed by atoms with Crippen molar-refractivity contribution < 1.29 is 9.47 Å². The molecule has 1 N–H and O–H groups in total. The maximum atomic E-state index is 5.99. The summed E-state index contributed by atoms with van der Waals surface area (Å²) in [5, 5.41) is 3.47. The average molecular weight is 546 g/mol. The van der Waals surface area contributed by atoms with Gasteiger partial charge < -0.3 is 24.6 Å². The number of rotatable bonds is 9. The van der Waals surface area contributed by atoms with E-state index in [1.54, 1.807) is 7.11 Å². The number of halogens is 1. The van der Waals surface area contributed by atoms with Crippen LogP contribution in [-0.2, 0) is 16.0 Å². The van der Waals surface area contributed by atoms with Gasteiger partial charge in [-0.05, 0) is 63.1 Å². The molecule has 8 heteroatoms. The molecule has 2 saturated heterocycles. The highest BCUT2D eigenvalue weighted by Crippen LogP contribution is 2.19. The molecule has 1 aromatic heterocycles. The lowest BCUT2D eigenvalue weighted by molar-refractivity contribution is 0.00990. The fourth-order valence-corrected chi connectivity index (χ4v) is 4.13. The van der Waals surface area contributed by atoms with Gasteiger partial charge in [-0.3, -0.25) is 0 Å². The van der Waals surface area contributed by atoms with Gasteiger partial charge in [0.15, 0.2) is 5.96 Å². The Hall–Kier alpha value is -1.13. The monoisotopic (exact) mass is 545 g/mol. The first-order valence-electron chi connectivity index (χ1n) is 11.6. The van der Waals surface area contributed by atoms with E-state index in [1.165, 1.54) is 24.8 Å². The molecule has 7 nitrogen and oxygen atoms in total. The van der Waals surface area contributed by atoms with Crippen molar-refractivity contribution in [2.75, 3.05) is 57.9 Å². The molecular formula is C23H40IN5O2. The van der Waals surface area contributed by atoms with Crippen LogP contribution in [0.25, 0.3) is 0 Å². The van der Waals surface area contributed by atoms with Crippen LogP contribution in [0.15, 0.2) is 23.3 Å².